The molecule has 0 atom stereocenters. The quantitative estimate of drug-likeness (QED) is 0.557. The highest BCUT2D eigenvalue weighted by molar-refractivity contribution is 6.93. The summed E-state index contributed by atoms with van der Waals surface area (Å²) in [5.41, 5.74) is 0. The second-order valence-corrected chi connectivity index (χ2v) is 19.4. The monoisotopic (exact) mass is 299 g/mol. The van der Waals surface area contributed by atoms with E-state index in [0.29, 0.717) is 10.1 Å². The van der Waals surface area contributed by atoms with E-state index in [2.05, 4.69) is 91.2 Å². The molecule has 0 bridgehead atoms. The minimum atomic E-state index is -1.51. The van der Waals surface area contributed by atoms with E-state index in [1.807, 2.05) is 0 Å². The predicted octanol–water partition coefficient (Wildman–Crippen LogP) is 6.22. The molecule has 1 nitrogen and oxygen atoms in total. The second-order valence-electron chi connectivity index (χ2n) is 8.78. The van der Waals surface area contributed by atoms with Gasteiger partial charge in [-0.05, 0) is 22.7 Å². The van der Waals surface area contributed by atoms with Crippen LogP contribution in [0.1, 0.15) is 54.9 Å². The lowest BCUT2D eigenvalue weighted by atomic mass is 10.2. The van der Waals surface area contributed by atoms with Gasteiger partial charge in [0, 0.05) is 0 Å². The third-order valence-corrected chi connectivity index (χ3v) is 18.8. The first kappa shape index (κ1) is 19.0. The summed E-state index contributed by atoms with van der Waals surface area (Å²) in [6, 6.07) is 0. The van der Waals surface area contributed by atoms with E-state index in [1.54, 1.807) is 0 Å². The summed E-state index contributed by atoms with van der Waals surface area (Å²) in [6.45, 7) is 26.9. The molecule has 0 aliphatic carbocycles. The van der Waals surface area contributed by atoms with E-state index >= 15 is 0 Å². The fourth-order valence-electron chi connectivity index (χ4n) is 2.00. The van der Waals surface area contributed by atoms with Crippen molar-refractivity contribution in [1.29, 1.82) is 0 Å². The van der Waals surface area contributed by atoms with Gasteiger partial charge in [-0.3, -0.25) is 0 Å². The zero-order chi connectivity index (χ0) is 15.7. The van der Waals surface area contributed by atoms with Crippen LogP contribution >= 0.6 is 0 Å². The SMILES string of the molecule is CCC=CN([Si](C)(C)C(C)(C)C)[Si](C)(C)C(C)(C)C. The third-order valence-electron chi connectivity index (χ3n) is 5.37. The lowest BCUT2D eigenvalue weighted by molar-refractivity contribution is 0.597. The lowest BCUT2D eigenvalue weighted by Crippen LogP contribution is -2.66. The summed E-state index contributed by atoms with van der Waals surface area (Å²) in [7, 11) is -3.02. The van der Waals surface area contributed by atoms with E-state index in [4.69, 9.17) is 0 Å². The van der Waals surface area contributed by atoms with Crippen LogP contribution in [0.5, 0.6) is 0 Å². The molecule has 0 rings (SSSR count). The molecule has 0 spiro atoms. The van der Waals surface area contributed by atoms with Gasteiger partial charge >= 0.3 is 0 Å². The van der Waals surface area contributed by atoms with Crippen molar-refractivity contribution in [2.75, 3.05) is 0 Å². The minimum Gasteiger partial charge on any atom is -0.430 e. The number of hydrogen-bond acceptors (Lipinski definition) is 1. The van der Waals surface area contributed by atoms with E-state index in [-0.39, 0.29) is 0 Å². The van der Waals surface area contributed by atoms with Gasteiger partial charge in [-0.2, -0.15) is 0 Å². The van der Waals surface area contributed by atoms with Gasteiger partial charge < -0.3 is 4.23 Å². The first-order valence-electron chi connectivity index (χ1n) is 7.65. The second kappa shape index (κ2) is 5.76. The Labute approximate surface area is 124 Å². The van der Waals surface area contributed by atoms with Crippen LogP contribution in [0, 0.1) is 0 Å². The maximum Gasteiger partial charge on any atom is 0.146 e. The van der Waals surface area contributed by atoms with Crippen LogP contribution in [0.25, 0.3) is 0 Å². The van der Waals surface area contributed by atoms with E-state index in [0.717, 1.165) is 6.42 Å². The topological polar surface area (TPSA) is 3.24 Å². The Morgan fingerprint density at radius 3 is 1.32 bits per heavy atom. The summed E-state index contributed by atoms with van der Waals surface area (Å²) >= 11 is 0. The molecule has 0 aromatic heterocycles. The highest BCUT2D eigenvalue weighted by Gasteiger charge is 2.50. The van der Waals surface area contributed by atoms with Gasteiger partial charge in [-0.1, -0.05) is 80.7 Å². The van der Waals surface area contributed by atoms with Gasteiger partial charge in [0.25, 0.3) is 0 Å². The summed E-state index contributed by atoms with van der Waals surface area (Å²) in [5, 5.41) is 0.779. The van der Waals surface area contributed by atoms with Crippen molar-refractivity contribution in [3.05, 3.63) is 12.3 Å². The Kier molecular flexibility index (Phi) is 5.76. The predicted molar refractivity (Wildman–Crippen MR) is 95.7 cm³/mol. The molecule has 0 aliphatic heterocycles. The number of nitrogens with zero attached hydrogens (tertiary/aromatic N) is 1. The lowest BCUT2D eigenvalue weighted by Gasteiger charge is -2.57. The van der Waals surface area contributed by atoms with Gasteiger partial charge in [0.15, 0.2) is 0 Å². The molecule has 0 N–H and O–H groups in total. The minimum absolute atomic E-state index is 0.389. The van der Waals surface area contributed by atoms with Crippen molar-refractivity contribution >= 4 is 16.5 Å². The fourth-order valence-corrected chi connectivity index (χ4v) is 12.0. The summed E-state index contributed by atoms with van der Waals surface area (Å²) in [4.78, 5) is 0. The zero-order valence-electron chi connectivity index (χ0n) is 15.3. The molecule has 0 aromatic carbocycles. The van der Waals surface area contributed by atoms with Gasteiger partial charge in [-0.25, -0.2) is 0 Å². The standard InChI is InChI=1S/C16H37NSi2/c1-12-13-14-17(18(8,9)15(2,3)4)19(10,11)16(5,6)7/h13-14H,12H2,1-11H3. The van der Waals surface area contributed by atoms with Crippen molar-refractivity contribution in [2.24, 2.45) is 0 Å². The van der Waals surface area contributed by atoms with Crippen molar-refractivity contribution in [3.8, 4) is 0 Å². The summed E-state index contributed by atoms with van der Waals surface area (Å²) in [5.74, 6) is 0. The number of allylic oxidation sites excluding steroid dienone is 1. The molecule has 3 heteroatoms. The average molecular weight is 300 g/mol. The van der Waals surface area contributed by atoms with Gasteiger partial charge in [0.2, 0.25) is 0 Å². The summed E-state index contributed by atoms with van der Waals surface area (Å²) < 4.78 is 2.85. The Bertz CT molecular complexity index is 291. The van der Waals surface area contributed by atoms with Gasteiger partial charge in [0.1, 0.15) is 16.5 Å². The Morgan fingerprint density at radius 1 is 0.789 bits per heavy atom. The molecule has 0 amide bonds. The Balaban J connectivity index is 5.80. The third kappa shape index (κ3) is 3.97. The smallest absolute Gasteiger partial charge is 0.146 e. The maximum absolute atomic E-state index is 2.85. The highest BCUT2D eigenvalue weighted by Crippen LogP contribution is 2.47. The van der Waals surface area contributed by atoms with Crippen molar-refractivity contribution in [2.45, 2.75) is 91.2 Å². The first-order valence-corrected chi connectivity index (χ1v) is 13.5. The molecule has 0 saturated heterocycles. The van der Waals surface area contributed by atoms with Crippen LogP contribution in [-0.2, 0) is 0 Å². The Morgan fingerprint density at radius 2 is 1.11 bits per heavy atom. The van der Waals surface area contributed by atoms with Crippen molar-refractivity contribution < 1.29 is 0 Å². The molecule has 19 heavy (non-hydrogen) atoms. The van der Waals surface area contributed by atoms with Gasteiger partial charge in [-0.15, -0.1) is 0 Å². The highest BCUT2D eigenvalue weighted by atomic mass is 28.4. The molecule has 0 saturated carbocycles. The molecule has 0 unspecified atom stereocenters. The summed E-state index contributed by atoms with van der Waals surface area (Å²) in [6.07, 6.45) is 5.91. The van der Waals surface area contributed by atoms with Crippen LogP contribution < -0.4 is 0 Å². The van der Waals surface area contributed by atoms with Gasteiger partial charge in [0.05, 0.1) is 0 Å². The maximum atomic E-state index is 2.85. The van der Waals surface area contributed by atoms with E-state index in [1.165, 1.54) is 0 Å². The Hall–Kier alpha value is -0.0262. The van der Waals surface area contributed by atoms with Crippen molar-refractivity contribution in [1.82, 2.24) is 4.23 Å². The molecule has 0 fully saturated rings. The zero-order valence-corrected chi connectivity index (χ0v) is 17.3. The number of hydrogen-bond donors (Lipinski definition) is 0. The van der Waals surface area contributed by atoms with Crippen LogP contribution in [-0.4, -0.2) is 20.7 Å². The molecule has 0 radical (unpaired) electrons. The number of rotatable bonds is 4. The van der Waals surface area contributed by atoms with Crippen molar-refractivity contribution in [3.63, 3.8) is 0 Å². The van der Waals surface area contributed by atoms with Crippen LogP contribution in [0.3, 0.4) is 0 Å². The average Bonchev–Trinajstić information content (AvgIpc) is 2.13. The molecule has 0 heterocycles. The van der Waals surface area contributed by atoms with Crippen LogP contribution in [0.4, 0.5) is 0 Å². The van der Waals surface area contributed by atoms with E-state index < -0.39 is 16.5 Å². The normalized spacial score (nSPS) is 15.1. The molecule has 114 valence electrons. The molecule has 0 aromatic rings. The largest absolute Gasteiger partial charge is 0.430 e. The molecule has 0 aliphatic rings. The molecular formula is C16H37NSi2. The first-order chi connectivity index (χ1) is 8.19. The van der Waals surface area contributed by atoms with Crippen LogP contribution in [0.15, 0.2) is 12.3 Å². The fraction of sp³-hybridized carbons (Fsp3) is 0.875. The molecular weight excluding hydrogens is 262 g/mol. The van der Waals surface area contributed by atoms with Crippen LogP contribution in [0.2, 0.25) is 36.3 Å². The van der Waals surface area contributed by atoms with E-state index in [9.17, 15) is 0 Å².